The molecule has 0 saturated heterocycles. The Kier molecular flexibility index (Phi) is 6.02. The van der Waals surface area contributed by atoms with E-state index in [1.165, 1.54) is 31.2 Å². The van der Waals surface area contributed by atoms with Gasteiger partial charge in [0.25, 0.3) is 0 Å². The number of carbonyl (C=O) groups excluding carboxylic acids is 3. The number of phenolic OH excluding ortho intramolecular Hbond substituents is 1. The number of carbonyl (C=O) groups is 3. The number of phenols is 1. The standard InChI is InChI=1S/C19H24O7/c1-4-25-17(22)15-13(21)10-19(3,24)16(18(23)26-5-2)14(15)11-6-8-12(20)9-7-11/h6-9,14-16,20,24H,4-5,10H2,1-3H3/t14-,15-,16-,19+/m1/s1. The molecule has 0 amide bonds. The van der Waals surface area contributed by atoms with E-state index in [1.807, 2.05) is 0 Å². The summed E-state index contributed by atoms with van der Waals surface area (Å²) in [6.45, 7) is 4.84. The number of benzene rings is 1. The van der Waals surface area contributed by atoms with E-state index >= 15 is 0 Å². The second kappa shape index (κ2) is 7.86. The molecule has 0 spiro atoms. The number of rotatable bonds is 5. The van der Waals surface area contributed by atoms with Crippen LogP contribution >= 0.6 is 0 Å². The quantitative estimate of drug-likeness (QED) is 0.602. The molecule has 0 radical (unpaired) electrons. The Hall–Kier alpha value is -2.41. The molecule has 142 valence electrons. The molecule has 1 aliphatic carbocycles. The van der Waals surface area contributed by atoms with Gasteiger partial charge in [-0.3, -0.25) is 14.4 Å². The minimum atomic E-state index is -1.67. The Labute approximate surface area is 151 Å². The highest BCUT2D eigenvalue weighted by molar-refractivity contribution is 6.02. The summed E-state index contributed by atoms with van der Waals surface area (Å²) in [4.78, 5) is 37.7. The molecule has 26 heavy (non-hydrogen) atoms. The summed E-state index contributed by atoms with van der Waals surface area (Å²) < 4.78 is 10.1. The fourth-order valence-electron chi connectivity index (χ4n) is 3.58. The molecule has 1 saturated carbocycles. The van der Waals surface area contributed by atoms with Gasteiger partial charge in [-0.05, 0) is 38.5 Å². The van der Waals surface area contributed by atoms with Crippen LogP contribution in [0.4, 0.5) is 0 Å². The first kappa shape index (κ1) is 19.9. The van der Waals surface area contributed by atoms with Crippen LogP contribution in [0.1, 0.15) is 38.7 Å². The molecule has 0 heterocycles. The fraction of sp³-hybridized carbons (Fsp3) is 0.526. The number of aromatic hydroxyl groups is 1. The Morgan fingerprint density at radius 1 is 1.12 bits per heavy atom. The normalized spacial score (nSPS) is 28.5. The average molecular weight is 364 g/mol. The van der Waals surface area contributed by atoms with E-state index in [9.17, 15) is 24.6 Å². The van der Waals surface area contributed by atoms with Crippen molar-refractivity contribution in [3.05, 3.63) is 29.8 Å². The lowest BCUT2D eigenvalue weighted by Crippen LogP contribution is -2.55. The largest absolute Gasteiger partial charge is 0.508 e. The third-order valence-electron chi connectivity index (χ3n) is 4.63. The number of hydrogen-bond acceptors (Lipinski definition) is 7. The SMILES string of the molecule is CCOC(=O)[C@@H]1C(=O)C[C@](C)(O)[C@@H](C(=O)OCC)[C@@H]1c1ccc(O)cc1. The predicted molar refractivity (Wildman–Crippen MR) is 91.3 cm³/mol. The van der Waals surface area contributed by atoms with Gasteiger partial charge in [0, 0.05) is 12.3 Å². The van der Waals surface area contributed by atoms with Crippen LogP contribution in [-0.4, -0.2) is 46.7 Å². The molecule has 0 bridgehead atoms. The smallest absolute Gasteiger partial charge is 0.317 e. The maximum atomic E-state index is 12.6. The summed E-state index contributed by atoms with van der Waals surface area (Å²) in [6, 6.07) is 5.83. The molecule has 0 unspecified atom stereocenters. The van der Waals surface area contributed by atoms with Gasteiger partial charge in [0.2, 0.25) is 0 Å². The van der Waals surface area contributed by atoms with Crippen molar-refractivity contribution in [1.82, 2.24) is 0 Å². The molecule has 1 aromatic carbocycles. The predicted octanol–water partition coefficient (Wildman–Crippen LogP) is 1.56. The molecular weight excluding hydrogens is 340 g/mol. The molecule has 0 aromatic heterocycles. The van der Waals surface area contributed by atoms with Crippen molar-refractivity contribution in [2.75, 3.05) is 13.2 Å². The number of esters is 2. The van der Waals surface area contributed by atoms with Crippen LogP contribution in [0.15, 0.2) is 24.3 Å². The van der Waals surface area contributed by atoms with E-state index in [1.54, 1.807) is 13.8 Å². The highest BCUT2D eigenvalue weighted by Gasteiger charge is 2.57. The zero-order valence-electron chi connectivity index (χ0n) is 15.1. The molecule has 1 aromatic rings. The molecule has 1 aliphatic rings. The third kappa shape index (κ3) is 3.88. The molecule has 2 N–H and O–H groups in total. The van der Waals surface area contributed by atoms with Gasteiger partial charge in [0.05, 0.1) is 24.7 Å². The van der Waals surface area contributed by atoms with Crippen LogP contribution in [-0.2, 0) is 23.9 Å². The van der Waals surface area contributed by atoms with Gasteiger partial charge in [-0.25, -0.2) is 0 Å². The van der Waals surface area contributed by atoms with Crippen molar-refractivity contribution in [2.24, 2.45) is 11.8 Å². The van der Waals surface area contributed by atoms with Crippen molar-refractivity contribution >= 4 is 17.7 Å². The highest BCUT2D eigenvalue weighted by atomic mass is 16.5. The van der Waals surface area contributed by atoms with Crippen molar-refractivity contribution in [2.45, 2.75) is 38.7 Å². The Bertz CT molecular complexity index is 678. The summed E-state index contributed by atoms with van der Waals surface area (Å²) in [5.74, 6) is -5.22. The number of aliphatic hydroxyl groups is 1. The maximum absolute atomic E-state index is 12.6. The molecule has 7 heteroatoms. The highest BCUT2D eigenvalue weighted by Crippen LogP contribution is 2.46. The second-order valence-corrected chi connectivity index (χ2v) is 6.58. The van der Waals surface area contributed by atoms with E-state index in [-0.39, 0.29) is 25.4 Å². The van der Waals surface area contributed by atoms with Crippen molar-refractivity contribution in [3.8, 4) is 5.75 Å². The number of hydrogen-bond donors (Lipinski definition) is 2. The van der Waals surface area contributed by atoms with E-state index in [0.29, 0.717) is 5.56 Å². The summed E-state index contributed by atoms with van der Waals surface area (Å²) in [6.07, 6.45) is -0.353. The monoisotopic (exact) mass is 364 g/mol. The van der Waals surface area contributed by atoms with Gasteiger partial charge in [-0.1, -0.05) is 12.1 Å². The number of Topliss-reactive ketones (excluding diaryl/α,β-unsaturated/α-hetero) is 1. The van der Waals surface area contributed by atoms with Crippen LogP contribution in [0.25, 0.3) is 0 Å². The van der Waals surface area contributed by atoms with Gasteiger partial charge in [-0.15, -0.1) is 0 Å². The van der Waals surface area contributed by atoms with Gasteiger partial charge in [0.1, 0.15) is 11.7 Å². The first-order chi connectivity index (χ1) is 12.2. The lowest BCUT2D eigenvalue weighted by atomic mass is 9.61. The zero-order valence-corrected chi connectivity index (χ0v) is 15.1. The van der Waals surface area contributed by atoms with E-state index in [4.69, 9.17) is 9.47 Å². The summed E-state index contributed by atoms with van der Waals surface area (Å²) >= 11 is 0. The minimum Gasteiger partial charge on any atom is -0.508 e. The minimum absolute atomic E-state index is 0.00279. The Morgan fingerprint density at radius 2 is 1.65 bits per heavy atom. The fourth-order valence-corrected chi connectivity index (χ4v) is 3.58. The Balaban J connectivity index is 2.59. The van der Waals surface area contributed by atoms with Crippen molar-refractivity contribution < 1.29 is 34.1 Å². The second-order valence-electron chi connectivity index (χ2n) is 6.58. The molecule has 1 fully saturated rings. The summed E-state index contributed by atoms with van der Waals surface area (Å²) in [7, 11) is 0. The van der Waals surface area contributed by atoms with Gasteiger partial charge < -0.3 is 19.7 Å². The van der Waals surface area contributed by atoms with Crippen LogP contribution in [0.2, 0.25) is 0 Å². The average Bonchev–Trinajstić information content (AvgIpc) is 2.54. The number of ketones is 1. The van der Waals surface area contributed by atoms with Crippen LogP contribution in [0.3, 0.4) is 0 Å². The number of ether oxygens (including phenoxy) is 2. The van der Waals surface area contributed by atoms with Gasteiger partial charge >= 0.3 is 11.9 Å². The third-order valence-corrected chi connectivity index (χ3v) is 4.63. The van der Waals surface area contributed by atoms with Gasteiger partial charge in [0.15, 0.2) is 5.78 Å². The van der Waals surface area contributed by atoms with Crippen molar-refractivity contribution in [3.63, 3.8) is 0 Å². The van der Waals surface area contributed by atoms with Crippen LogP contribution in [0.5, 0.6) is 5.75 Å². The van der Waals surface area contributed by atoms with E-state index < -0.39 is 41.1 Å². The molecule has 0 aliphatic heterocycles. The molecule has 2 rings (SSSR count). The van der Waals surface area contributed by atoms with Crippen LogP contribution < -0.4 is 0 Å². The molecule has 4 atom stereocenters. The molecule has 7 nitrogen and oxygen atoms in total. The topological polar surface area (TPSA) is 110 Å². The lowest BCUT2D eigenvalue weighted by molar-refractivity contribution is -0.172. The zero-order chi connectivity index (χ0) is 19.5. The van der Waals surface area contributed by atoms with Gasteiger partial charge in [-0.2, -0.15) is 0 Å². The Morgan fingerprint density at radius 3 is 2.19 bits per heavy atom. The van der Waals surface area contributed by atoms with Crippen molar-refractivity contribution in [1.29, 1.82) is 0 Å². The summed E-state index contributed by atoms with van der Waals surface area (Å²) in [5, 5.41) is 20.3. The lowest BCUT2D eigenvalue weighted by Gasteiger charge is -2.43. The first-order valence-corrected chi connectivity index (χ1v) is 8.60. The maximum Gasteiger partial charge on any atom is 0.317 e. The van der Waals surface area contributed by atoms with Crippen LogP contribution in [0, 0.1) is 11.8 Å². The first-order valence-electron chi connectivity index (χ1n) is 8.60. The van der Waals surface area contributed by atoms with E-state index in [2.05, 4.69) is 0 Å². The summed E-state index contributed by atoms with van der Waals surface area (Å²) in [5.41, 5.74) is -1.21. The molecular formula is C19H24O7. The van der Waals surface area contributed by atoms with E-state index in [0.717, 1.165) is 0 Å².